The minimum absolute atomic E-state index is 0.104. The van der Waals surface area contributed by atoms with Crippen LogP contribution in [-0.2, 0) is 22.1 Å². The molecule has 0 fully saturated rings. The van der Waals surface area contributed by atoms with Crippen LogP contribution >= 0.6 is 0 Å². The quantitative estimate of drug-likeness (QED) is 0.884. The van der Waals surface area contributed by atoms with Crippen molar-refractivity contribution in [1.82, 2.24) is 5.32 Å². The molecule has 1 aliphatic heterocycles. The molecule has 1 heterocycles. The second kappa shape index (κ2) is 6.84. The van der Waals surface area contributed by atoms with Crippen molar-refractivity contribution in [3.8, 4) is 5.75 Å². The summed E-state index contributed by atoms with van der Waals surface area (Å²) in [6, 6.07) is 12.2. The van der Waals surface area contributed by atoms with Crippen LogP contribution in [-0.4, -0.2) is 28.9 Å². The molecule has 0 saturated heterocycles. The van der Waals surface area contributed by atoms with Crippen molar-refractivity contribution in [3.63, 3.8) is 0 Å². The Morgan fingerprint density at radius 3 is 2.71 bits per heavy atom. The Bertz CT molecular complexity index is 818. The summed E-state index contributed by atoms with van der Waals surface area (Å²) >= 11 is 0. The second-order valence-electron chi connectivity index (χ2n) is 5.30. The molecule has 0 spiro atoms. The smallest absolute Gasteiger partial charge is 0.262 e. The fourth-order valence-electron chi connectivity index (χ4n) is 2.37. The van der Waals surface area contributed by atoms with E-state index in [9.17, 15) is 13.8 Å². The van der Waals surface area contributed by atoms with E-state index in [1.807, 2.05) is 12.1 Å². The lowest BCUT2D eigenvalue weighted by Gasteiger charge is -2.20. The predicted molar refractivity (Wildman–Crippen MR) is 90.5 cm³/mol. The van der Waals surface area contributed by atoms with Crippen LogP contribution in [0.5, 0.6) is 5.75 Å². The Morgan fingerprint density at radius 2 is 2.00 bits per heavy atom. The van der Waals surface area contributed by atoms with Gasteiger partial charge in [0.25, 0.3) is 11.8 Å². The first kappa shape index (κ1) is 16.2. The predicted octanol–water partition coefficient (Wildman–Crippen LogP) is 1.68. The molecular formula is C17H16N2O4S. The zero-order chi connectivity index (χ0) is 17.1. The summed E-state index contributed by atoms with van der Waals surface area (Å²) in [5.74, 6) is -0.147. The number of ether oxygens (including phenoxy) is 1. The second-order valence-corrected chi connectivity index (χ2v) is 6.68. The number of carbonyl (C=O) groups is 2. The fraction of sp³-hybridized carbons (Fsp3) is 0.176. The summed E-state index contributed by atoms with van der Waals surface area (Å²) in [4.78, 5) is 24.5. The molecule has 0 saturated carbocycles. The van der Waals surface area contributed by atoms with Gasteiger partial charge in [0.2, 0.25) is 0 Å². The van der Waals surface area contributed by atoms with Crippen molar-refractivity contribution in [2.45, 2.75) is 11.4 Å². The van der Waals surface area contributed by atoms with Crippen LogP contribution in [0.25, 0.3) is 0 Å². The zero-order valence-corrected chi connectivity index (χ0v) is 13.8. The molecule has 2 amide bonds. The van der Waals surface area contributed by atoms with Crippen molar-refractivity contribution >= 4 is 28.3 Å². The number of fused-ring (bicyclic) bond motifs is 1. The van der Waals surface area contributed by atoms with Gasteiger partial charge in [0.05, 0.1) is 11.3 Å². The third-order valence-electron chi connectivity index (χ3n) is 3.59. The molecule has 6 nitrogen and oxygen atoms in total. The Balaban J connectivity index is 1.70. The average molecular weight is 344 g/mol. The van der Waals surface area contributed by atoms with Crippen molar-refractivity contribution in [3.05, 3.63) is 53.6 Å². The number of anilines is 1. The van der Waals surface area contributed by atoms with Gasteiger partial charge >= 0.3 is 0 Å². The monoisotopic (exact) mass is 344 g/mol. The summed E-state index contributed by atoms with van der Waals surface area (Å²) in [5, 5.41) is 5.49. The van der Waals surface area contributed by atoms with Gasteiger partial charge in [0, 0.05) is 28.5 Å². The van der Waals surface area contributed by atoms with Gasteiger partial charge in [-0.2, -0.15) is 0 Å². The van der Waals surface area contributed by atoms with Gasteiger partial charge in [-0.15, -0.1) is 0 Å². The van der Waals surface area contributed by atoms with Crippen LogP contribution in [0.3, 0.4) is 0 Å². The first-order chi connectivity index (χ1) is 11.5. The number of hydrogen-bond donors (Lipinski definition) is 2. The van der Waals surface area contributed by atoms with Crippen LogP contribution in [0, 0.1) is 0 Å². The molecule has 0 aromatic heterocycles. The van der Waals surface area contributed by atoms with E-state index >= 15 is 0 Å². The third-order valence-corrected chi connectivity index (χ3v) is 4.53. The summed E-state index contributed by atoms with van der Waals surface area (Å²) in [5.41, 5.74) is 1.77. The molecule has 3 rings (SSSR count). The number of rotatable bonds is 4. The van der Waals surface area contributed by atoms with Crippen molar-refractivity contribution in [1.29, 1.82) is 0 Å². The van der Waals surface area contributed by atoms with E-state index in [2.05, 4.69) is 10.6 Å². The lowest BCUT2D eigenvalue weighted by molar-refractivity contribution is -0.118. The van der Waals surface area contributed by atoms with Crippen molar-refractivity contribution < 1.29 is 18.5 Å². The minimum Gasteiger partial charge on any atom is -0.481 e. The highest BCUT2D eigenvalue weighted by Crippen LogP contribution is 2.31. The van der Waals surface area contributed by atoms with Crippen LogP contribution in [0.15, 0.2) is 47.4 Å². The lowest BCUT2D eigenvalue weighted by atomic mass is 10.1. The standard InChI is InChI=1S/C17H16N2O4S/c1-24(22)12-7-5-11(6-8-12)9-18-17(21)13-3-2-4-14-16(13)23-10-15(20)19-14/h2-8H,9-10H2,1H3,(H,18,21)(H,19,20). The average Bonchev–Trinajstić information content (AvgIpc) is 2.59. The van der Waals surface area contributed by atoms with Gasteiger partial charge in [-0.3, -0.25) is 13.8 Å². The van der Waals surface area contributed by atoms with E-state index in [0.29, 0.717) is 23.5 Å². The van der Waals surface area contributed by atoms with E-state index in [1.54, 1.807) is 36.6 Å². The molecular weight excluding hydrogens is 328 g/mol. The molecule has 0 aliphatic carbocycles. The molecule has 124 valence electrons. The Labute approximate surface area is 141 Å². The Kier molecular flexibility index (Phi) is 4.61. The number of amides is 2. The van der Waals surface area contributed by atoms with Crippen LogP contribution in [0.4, 0.5) is 5.69 Å². The van der Waals surface area contributed by atoms with E-state index < -0.39 is 10.8 Å². The lowest BCUT2D eigenvalue weighted by Crippen LogP contribution is -2.29. The van der Waals surface area contributed by atoms with E-state index in [4.69, 9.17) is 4.74 Å². The van der Waals surface area contributed by atoms with Crippen molar-refractivity contribution in [2.75, 3.05) is 18.2 Å². The topological polar surface area (TPSA) is 84.5 Å². The molecule has 1 aliphatic rings. The van der Waals surface area contributed by atoms with Gasteiger partial charge in [0.1, 0.15) is 0 Å². The van der Waals surface area contributed by atoms with Crippen LogP contribution in [0.1, 0.15) is 15.9 Å². The summed E-state index contributed by atoms with van der Waals surface area (Å²) in [7, 11) is -1.02. The molecule has 24 heavy (non-hydrogen) atoms. The molecule has 2 aromatic rings. The van der Waals surface area contributed by atoms with Gasteiger partial charge in [-0.05, 0) is 29.8 Å². The highest BCUT2D eigenvalue weighted by atomic mass is 32.2. The van der Waals surface area contributed by atoms with E-state index in [-0.39, 0.29) is 18.4 Å². The molecule has 7 heteroatoms. The number of carbonyl (C=O) groups excluding carboxylic acids is 2. The maximum Gasteiger partial charge on any atom is 0.262 e. The molecule has 1 atom stereocenters. The largest absolute Gasteiger partial charge is 0.481 e. The normalized spacial score (nSPS) is 14.1. The van der Waals surface area contributed by atoms with Crippen LogP contribution in [0.2, 0.25) is 0 Å². The number of benzene rings is 2. The molecule has 2 aromatic carbocycles. The molecule has 2 N–H and O–H groups in total. The maximum atomic E-state index is 12.4. The van der Waals surface area contributed by atoms with E-state index in [0.717, 1.165) is 10.5 Å². The van der Waals surface area contributed by atoms with Gasteiger partial charge in [0.15, 0.2) is 12.4 Å². The summed E-state index contributed by atoms with van der Waals surface area (Å²) in [6.45, 7) is 0.235. The fourth-order valence-corrected chi connectivity index (χ4v) is 2.89. The molecule has 1 unspecified atom stereocenters. The van der Waals surface area contributed by atoms with Gasteiger partial charge in [-0.1, -0.05) is 18.2 Å². The minimum atomic E-state index is -1.02. The number of nitrogens with one attached hydrogen (secondary N) is 2. The highest BCUT2D eigenvalue weighted by Gasteiger charge is 2.22. The SMILES string of the molecule is CS(=O)c1ccc(CNC(=O)c2cccc3c2OCC(=O)N3)cc1. The Hall–Kier alpha value is -2.67. The number of hydrogen-bond acceptors (Lipinski definition) is 4. The first-order valence-electron chi connectivity index (χ1n) is 7.31. The molecule has 0 bridgehead atoms. The maximum absolute atomic E-state index is 12.4. The highest BCUT2D eigenvalue weighted by molar-refractivity contribution is 7.84. The van der Waals surface area contributed by atoms with Gasteiger partial charge in [-0.25, -0.2) is 0 Å². The summed E-state index contributed by atoms with van der Waals surface area (Å²) < 4.78 is 16.7. The zero-order valence-electron chi connectivity index (χ0n) is 13.0. The first-order valence-corrected chi connectivity index (χ1v) is 8.86. The van der Waals surface area contributed by atoms with Crippen LogP contribution < -0.4 is 15.4 Å². The summed E-state index contributed by atoms with van der Waals surface area (Å²) in [6.07, 6.45) is 1.62. The third kappa shape index (κ3) is 3.46. The number of para-hydroxylation sites is 1. The van der Waals surface area contributed by atoms with Crippen molar-refractivity contribution in [2.24, 2.45) is 0 Å². The molecule has 0 radical (unpaired) electrons. The van der Waals surface area contributed by atoms with E-state index in [1.165, 1.54) is 0 Å². The van der Waals surface area contributed by atoms with Gasteiger partial charge < -0.3 is 15.4 Å². The Morgan fingerprint density at radius 1 is 1.25 bits per heavy atom.